The van der Waals surface area contributed by atoms with Gasteiger partial charge in [-0.25, -0.2) is 0 Å². The highest BCUT2D eigenvalue weighted by atomic mass is 35.5. The van der Waals surface area contributed by atoms with Crippen molar-refractivity contribution in [3.63, 3.8) is 0 Å². The lowest BCUT2D eigenvalue weighted by atomic mass is 10.1. The Morgan fingerprint density at radius 1 is 1.10 bits per heavy atom. The van der Waals surface area contributed by atoms with Gasteiger partial charge < -0.3 is 14.7 Å². The van der Waals surface area contributed by atoms with Gasteiger partial charge in [-0.1, -0.05) is 35.3 Å². The zero-order chi connectivity index (χ0) is 21.7. The van der Waals surface area contributed by atoms with Gasteiger partial charge in [0.25, 0.3) is 5.91 Å². The maximum atomic E-state index is 12.7. The van der Waals surface area contributed by atoms with Gasteiger partial charge in [-0.3, -0.25) is 14.5 Å². The first-order valence-electron chi connectivity index (χ1n) is 9.71. The van der Waals surface area contributed by atoms with Crippen molar-refractivity contribution in [3.05, 3.63) is 63.6 Å². The molecule has 0 aliphatic carbocycles. The zero-order valence-electron chi connectivity index (χ0n) is 16.7. The van der Waals surface area contributed by atoms with Gasteiger partial charge in [-0.2, -0.15) is 0 Å². The second-order valence-corrected chi connectivity index (χ2v) is 8.28. The van der Waals surface area contributed by atoms with Crippen molar-refractivity contribution in [2.75, 3.05) is 26.2 Å². The van der Waals surface area contributed by atoms with Gasteiger partial charge in [-0.15, -0.1) is 0 Å². The van der Waals surface area contributed by atoms with Crippen LogP contribution in [0, 0.1) is 0 Å². The zero-order valence-corrected chi connectivity index (χ0v) is 18.2. The highest BCUT2D eigenvalue weighted by molar-refractivity contribution is 6.30. The Bertz CT molecular complexity index is 905. The van der Waals surface area contributed by atoms with Gasteiger partial charge in [0, 0.05) is 47.8 Å². The molecule has 1 N–H and O–H groups in total. The molecule has 2 aromatic rings. The highest BCUT2D eigenvalue weighted by Crippen LogP contribution is 2.24. The van der Waals surface area contributed by atoms with Crippen LogP contribution in [-0.4, -0.2) is 59.1 Å². The van der Waals surface area contributed by atoms with E-state index in [0.29, 0.717) is 22.9 Å². The molecule has 3 rings (SSSR count). The normalized spacial score (nSPS) is 17.0. The monoisotopic (exact) mass is 450 g/mol. The molecule has 30 heavy (non-hydrogen) atoms. The SMILES string of the molecule is C[C@@H]1CN(Cc2ccc(Cl)cc2)CCN1C(=O)COc1ccc(Cl)cc1CC(=O)O. The molecule has 1 aliphatic rings. The van der Waals surface area contributed by atoms with E-state index in [2.05, 4.69) is 4.90 Å². The van der Waals surface area contributed by atoms with Gasteiger partial charge in [-0.05, 0) is 42.8 Å². The fraction of sp³-hybridized carbons (Fsp3) is 0.364. The summed E-state index contributed by atoms with van der Waals surface area (Å²) < 4.78 is 5.65. The van der Waals surface area contributed by atoms with E-state index >= 15 is 0 Å². The molecular formula is C22H24Cl2N2O4. The first-order valence-corrected chi connectivity index (χ1v) is 10.5. The minimum absolute atomic E-state index is 0.0471. The van der Waals surface area contributed by atoms with Crippen LogP contribution in [0.2, 0.25) is 10.0 Å². The molecule has 0 saturated carbocycles. The molecule has 0 spiro atoms. The lowest BCUT2D eigenvalue weighted by Gasteiger charge is -2.39. The minimum atomic E-state index is -0.987. The van der Waals surface area contributed by atoms with Crippen LogP contribution >= 0.6 is 23.2 Å². The predicted octanol–water partition coefficient (Wildman–Crippen LogP) is 3.73. The summed E-state index contributed by atoms with van der Waals surface area (Å²) in [4.78, 5) is 27.9. The Balaban J connectivity index is 1.54. The Kier molecular flexibility index (Phi) is 7.58. The number of ether oxygens (including phenoxy) is 1. The molecule has 1 heterocycles. The first-order chi connectivity index (χ1) is 14.3. The molecule has 0 radical (unpaired) electrons. The number of carbonyl (C=O) groups is 2. The molecule has 160 valence electrons. The second kappa shape index (κ2) is 10.2. The van der Waals surface area contributed by atoms with Gasteiger partial charge in [0.1, 0.15) is 5.75 Å². The summed E-state index contributed by atoms with van der Waals surface area (Å²) in [5, 5.41) is 10.2. The largest absolute Gasteiger partial charge is 0.483 e. The maximum Gasteiger partial charge on any atom is 0.307 e. The van der Waals surface area contributed by atoms with Gasteiger partial charge >= 0.3 is 5.97 Å². The first kappa shape index (κ1) is 22.4. The number of amides is 1. The average molecular weight is 451 g/mol. The average Bonchev–Trinajstić information content (AvgIpc) is 2.68. The summed E-state index contributed by atoms with van der Waals surface area (Å²) in [6, 6.07) is 12.6. The summed E-state index contributed by atoms with van der Waals surface area (Å²) in [6.45, 7) is 4.83. The third kappa shape index (κ3) is 6.11. The number of benzene rings is 2. The predicted molar refractivity (Wildman–Crippen MR) is 116 cm³/mol. The molecule has 0 unspecified atom stereocenters. The van der Waals surface area contributed by atoms with E-state index in [4.69, 9.17) is 33.0 Å². The molecule has 1 atom stereocenters. The number of aliphatic carboxylic acids is 1. The van der Waals surface area contributed by atoms with Crippen LogP contribution in [0.4, 0.5) is 0 Å². The lowest BCUT2D eigenvalue weighted by molar-refractivity contribution is -0.138. The van der Waals surface area contributed by atoms with Crippen molar-refractivity contribution in [2.24, 2.45) is 0 Å². The quantitative estimate of drug-likeness (QED) is 0.695. The topological polar surface area (TPSA) is 70.1 Å². The molecule has 0 bridgehead atoms. The third-order valence-corrected chi connectivity index (χ3v) is 5.55. The van der Waals surface area contributed by atoms with E-state index < -0.39 is 5.97 Å². The van der Waals surface area contributed by atoms with E-state index in [9.17, 15) is 9.59 Å². The highest BCUT2D eigenvalue weighted by Gasteiger charge is 2.27. The lowest BCUT2D eigenvalue weighted by Crippen LogP contribution is -2.54. The summed E-state index contributed by atoms with van der Waals surface area (Å²) >= 11 is 11.9. The van der Waals surface area contributed by atoms with E-state index in [1.165, 1.54) is 5.56 Å². The van der Waals surface area contributed by atoms with Crippen LogP contribution in [0.1, 0.15) is 18.1 Å². The van der Waals surface area contributed by atoms with Crippen molar-refractivity contribution in [3.8, 4) is 5.75 Å². The summed E-state index contributed by atoms with van der Waals surface area (Å²) in [5.74, 6) is -0.743. The van der Waals surface area contributed by atoms with Crippen molar-refractivity contribution in [1.82, 2.24) is 9.80 Å². The van der Waals surface area contributed by atoms with Gasteiger partial charge in [0.15, 0.2) is 6.61 Å². The molecule has 2 aromatic carbocycles. The number of hydrogen-bond acceptors (Lipinski definition) is 4. The number of carbonyl (C=O) groups excluding carboxylic acids is 1. The molecule has 1 amide bonds. The Morgan fingerprint density at radius 3 is 2.47 bits per heavy atom. The van der Waals surface area contributed by atoms with E-state index in [-0.39, 0.29) is 25.0 Å². The van der Waals surface area contributed by atoms with Crippen molar-refractivity contribution >= 4 is 35.1 Å². The molecule has 6 nitrogen and oxygen atoms in total. The number of nitrogens with zero attached hydrogens (tertiary/aromatic N) is 2. The Hall–Kier alpha value is -2.28. The standard InChI is InChI=1S/C22H24Cl2N2O4/c1-15-12-25(13-16-2-4-18(23)5-3-16)8-9-26(15)21(27)14-30-20-7-6-19(24)10-17(20)11-22(28)29/h2-7,10,15H,8-9,11-14H2,1H3,(H,28,29)/t15-/m1/s1. The summed E-state index contributed by atoms with van der Waals surface area (Å²) in [7, 11) is 0. The van der Waals surface area contributed by atoms with Crippen molar-refractivity contribution in [2.45, 2.75) is 25.9 Å². The number of halogens is 2. The fourth-order valence-corrected chi connectivity index (χ4v) is 3.93. The number of hydrogen-bond donors (Lipinski definition) is 1. The summed E-state index contributed by atoms with van der Waals surface area (Å²) in [6.07, 6.45) is -0.218. The Morgan fingerprint density at radius 2 is 1.80 bits per heavy atom. The number of rotatable bonds is 7. The van der Waals surface area contributed by atoms with Crippen LogP contribution < -0.4 is 4.74 Å². The van der Waals surface area contributed by atoms with Crippen molar-refractivity contribution in [1.29, 1.82) is 0 Å². The number of piperazine rings is 1. The second-order valence-electron chi connectivity index (χ2n) is 7.41. The molecular weight excluding hydrogens is 427 g/mol. The van der Waals surface area contributed by atoms with Crippen LogP contribution in [0.3, 0.4) is 0 Å². The van der Waals surface area contributed by atoms with E-state index in [1.54, 1.807) is 18.2 Å². The minimum Gasteiger partial charge on any atom is -0.483 e. The van der Waals surface area contributed by atoms with Crippen LogP contribution in [0.5, 0.6) is 5.75 Å². The van der Waals surface area contributed by atoms with Crippen LogP contribution in [-0.2, 0) is 22.6 Å². The van der Waals surface area contributed by atoms with Gasteiger partial charge in [0.05, 0.1) is 6.42 Å². The van der Waals surface area contributed by atoms with Crippen LogP contribution in [0.15, 0.2) is 42.5 Å². The smallest absolute Gasteiger partial charge is 0.307 e. The summed E-state index contributed by atoms with van der Waals surface area (Å²) in [5.41, 5.74) is 1.63. The van der Waals surface area contributed by atoms with E-state index in [1.807, 2.05) is 36.1 Å². The molecule has 8 heteroatoms. The molecule has 1 saturated heterocycles. The third-order valence-electron chi connectivity index (χ3n) is 5.07. The van der Waals surface area contributed by atoms with Crippen LogP contribution in [0.25, 0.3) is 0 Å². The number of carboxylic acids is 1. The fourth-order valence-electron chi connectivity index (χ4n) is 3.61. The van der Waals surface area contributed by atoms with Gasteiger partial charge in [0.2, 0.25) is 0 Å². The molecule has 1 fully saturated rings. The Labute approximate surface area is 185 Å². The molecule has 0 aromatic heterocycles. The van der Waals surface area contributed by atoms with Crippen molar-refractivity contribution < 1.29 is 19.4 Å². The number of carboxylic acid groups (broad SMARTS) is 1. The van der Waals surface area contributed by atoms with E-state index in [0.717, 1.165) is 24.7 Å². The molecule has 1 aliphatic heterocycles. The maximum absolute atomic E-state index is 12.7.